The summed E-state index contributed by atoms with van der Waals surface area (Å²) in [5, 5.41) is 17.0. The number of nitrogens with zero attached hydrogens (tertiary/aromatic N) is 1. The molecule has 1 aliphatic carbocycles. The molecule has 1 saturated heterocycles. The Balaban J connectivity index is 1.60. The predicted octanol–water partition coefficient (Wildman–Crippen LogP) is 2.93. The predicted molar refractivity (Wildman–Crippen MR) is 105 cm³/mol. The van der Waals surface area contributed by atoms with Crippen LogP contribution in [0, 0.1) is 12.8 Å². The molecule has 0 aromatic heterocycles. The number of guanidine groups is 1. The molecule has 2 atom stereocenters. The molecule has 3 N–H and O–H groups in total. The van der Waals surface area contributed by atoms with E-state index in [0.717, 1.165) is 57.8 Å². The number of hydrogen-bond donors (Lipinski definition) is 3. The monoisotopic (exact) mass is 359 g/mol. The van der Waals surface area contributed by atoms with Crippen molar-refractivity contribution in [1.29, 1.82) is 0 Å². The molecule has 3 rings (SSSR count). The fraction of sp³-hybridized carbons (Fsp3) is 0.667. The molecule has 1 heterocycles. The summed E-state index contributed by atoms with van der Waals surface area (Å²) < 4.78 is 6.11. The van der Waals surface area contributed by atoms with Crippen LogP contribution < -0.4 is 10.6 Å². The maximum absolute atomic E-state index is 10.3. The van der Waals surface area contributed by atoms with Gasteiger partial charge >= 0.3 is 0 Å². The largest absolute Gasteiger partial charge is 0.388 e. The quantitative estimate of drug-likeness (QED) is 0.540. The van der Waals surface area contributed by atoms with Crippen molar-refractivity contribution in [2.24, 2.45) is 10.9 Å². The number of hydrogen-bond acceptors (Lipinski definition) is 3. The van der Waals surface area contributed by atoms with E-state index in [0.29, 0.717) is 12.5 Å². The minimum atomic E-state index is -0.583. The first-order valence-electron chi connectivity index (χ1n) is 10.0. The normalized spacial score (nSPS) is 25.4. The highest BCUT2D eigenvalue weighted by Crippen LogP contribution is 2.33. The van der Waals surface area contributed by atoms with Crippen LogP contribution >= 0.6 is 0 Å². The maximum Gasteiger partial charge on any atom is 0.191 e. The lowest BCUT2D eigenvalue weighted by Gasteiger charge is -2.35. The molecule has 1 saturated carbocycles. The molecule has 0 bridgehead atoms. The fourth-order valence-corrected chi connectivity index (χ4v) is 3.72. The number of aliphatic hydroxyl groups is 1. The molecule has 5 heteroatoms. The average Bonchev–Trinajstić information content (AvgIpc) is 2.63. The van der Waals surface area contributed by atoms with E-state index in [9.17, 15) is 5.11 Å². The van der Waals surface area contributed by atoms with E-state index < -0.39 is 5.60 Å². The average molecular weight is 360 g/mol. The molecule has 26 heavy (non-hydrogen) atoms. The van der Waals surface area contributed by atoms with E-state index in [1.54, 1.807) is 0 Å². The smallest absolute Gasteiger partial charge is 0.191 e. The zero-order valence-corrected chi connectivity index (χ0v) is 16.1. The van der Waals surface area contributed by atoms with Gasteiger partial charge in [-0.3, -0.25) is 4.99 Å². The molecule has 2 unspecified atom stereocenters. The summed E-state index contributed by atoms with van der Waals surface area (Å²) in [7, 11) is 0. The van der Waals surface area contributed by atoms with Crippen LogP contribution in [0.4, 0.5) is 0 Å². The third-order valence-electron chi connectivity index (χ3n) is 5.54. The topological polar surface area (TPSA) is 65.9 Å². The zero-order chi connectivity index (χ0) is 18.4. The highest BCUT2D eigenvalue weighted by Gasteiger charge is 2.34. The van der Waals surface area contributed by atoms with E-state index >= 15 is 0 Å². The van der Waals surface area contributed by atoms with Crippen LogP contribution in [-0.4, -0.2) is 42.9 Å². The first kappa shape index (κ1) is 19.2. The van der Waals surface area contributed by atoms with Crippen molar-refractivity contribution in [3.8, 4) is 0 Å². The van der Waals surface area contributed by atoms with Gasteiger partial charge in [-0.25, -0.2) is 0 Å². The van der Waals surface area contributed by atoms with Crippen molar-refractivity contribution < 1.29 is 9.84 Å². The van der Waals surface area contributed by atoms with Gasteiger partial charge in [0.1, 0.15) is 0 Å². The van der Waals surface area contributed by atoms with Crippen LogP contribution in [0.2, 0.25) is 0 Å². The molecule has 2 fully saturated rings. The lowest BCUT2D eigenvalue weighted by atomic mass is 9.80. The molecule has 1 aliphatic heterocycles. The number of nitrogens with one attached hydrogen (secondary N) is 2. The van der Waals surface area contributed by atoms with Crippen molar-refractivity contribution in [3.05, 3.63) is 35.4 Å². The minimum absolute atomic E-state index is 0.135. The van der Waals surface area contributed by atoms with Crippen LogP contribution in [0.1, 0.15) is 56.3 Å². The Morgan fingerprint density at radius 3 is 2.65 bits per heavy atom. The Morgan fingerprint density at radius 1 is 1.23 bits per heavy atom. The van der Waals surface area contributed by atoms with Gasteiger partial charge in [-0.05, 0) is 51.5 Å². The Bertz CT molecular complexity index is 596. The first-order valence-corrected chi connectivity index (χ1v) is 10.0. The van der Waals surface area contributed by atoms with Gasteiger partial charge in [-0.15, -0.1) is 0 Å². The van der Waals surface area contributed by atoms with Crippen LogP contribution in [-0.2, 0) is 4.74 Å². The van der Waals surface area contributed by atoms with Crippen LogP contribution in [0.25, 0.3) is 0 Å². The second kappa shape index (κ2) is 8.87. The third kappa shape index (κ3) is 4.98. The molecule has 0 spiro atoms. The van der Waals surface area contributed by atoms with Crippen molar-refractivity contribution in [2.45, 2.75) is 57.7 Å². The highest BCUT2D eigenvalue weighted by atomic mass is 16.5. The van der Waals surface area contributed by atoms with Crippen molar-refractivity contribution in [1.82, 2.24) is 10.6 Å². The molecular weight excluding hydrogens is 326 g/mol. The van der Waals surface area contributed by atoms with E-state index in [2.05, 4.69) is 53.7 Å². The number of ether oxygens (including phenoxy) is 1. The molecule has 1 aromatic rings. The lowest BCUT2D eigenvalue weighted by Crippen LogP contribution is -2.45. The summed E-state index contributed by atoms with van der Waals surface area (Å²) in [5.41, 5.74) is 1.95. The summed E-state index contributed by atoms with van der Waals surface area (Å²) in [5.74, 6) is 1.21. The van der Waals surface area contributed by atoms with Gasteiger partial charge in [0.05, 0.1) is 18.2 Å². The van der Waals surface area contributed by atoms with E-state index in [-0.39, 0.29) is 6.10 Å². The van der Waals surface area contributed by atoms with E-state index in [4.69, 9.17) is 4.74 Å². The van der Waals surface area contributed by atoms with Gasteiger partial charge in [-0.2, -0.15) is 0 Å². The van der Waals surface area contributed by atoms with Crippen molar-refractivity contribution >= 4 is 5.96 Å². The molecule has 2 aliphatic rings. The van der Waals surface area contributed by atoms with Crippen LogP contribution in [0.15, 0.2) is 29.3 Å². The Hall–Kier alpha value is -1.59. The highest BCUT2D eigenvalue weighted by molar-refractivity contribution is 5.79. The molecular formula is C21H33N3O2. The number of aryl methyl sites for hydroxylation is 1. The second-order valence-corrected chi connectivity index (χ2v) is 7.76. The zero-order valence-electron chi connectivity index (χ0n) is 16.1. The van der Waals surface area contributed by atoms with Gasteiger partial charge < -0.3 is 20.5 Å². The number of benzene rings is 1. The lowest BCUT2D eigenvalue weighted by molar-refractivity contribution is -0.0270. The molecule has 0 radical (unpaired) electrons. The minimum Gasteiger partial charge on any atom is -0.388 e. The van der Waals surface area contributed by atoms with Crippen molar-refractivity contribution in [3.63, 3.8) is 0 Å². The Labute approximate surface area is 157 Å². The van der Waals surface area contributed by atoms with E-state index in [1.807, 2.05) is 0 Å². The van der Waals surface area contributed by atoms with Gasteiger partial charge in [-0.1, -0.05) is 29.8 Å². The van der Waals surface area contributed by atoms with E-state index in [1.165, 1.54) is 11.1 Å². The second-order valence-electron chi connectivity index (χ2n) is 7.76. The van der Waals surface area contributed by atoms with Crippen LogP contribution in [0.3, 0.4) is 0 Å². The summed E-state index contributed by atoms with van der Waals surface area (Å²) in [6.45, 7) is 7.12. The maximum atomic E-state index is 10.3. The number of aliphatic imine (C=N–C) groups is 1. The molecule has 1 aromatic carbocycles. The number of rotatable bonds is 6. The Kier molecular flexibility index (Phi) is 6.54. The molecule has 144 valence electrons. The fourth-order valence-electron chi connectivity index (χ4n) is 3.72. The SMILES string of the molecule is CCNC(=NCC1(O)CCC1)NCC1CCCOC1c1ccc(C)cc1. The molecule has 5 nitrogen and oxygen atoms in total. The Morgan fingerprint density at radius 2 is 2.00 bits per heavy atom. The van der Waals surface area contributed by atoms with Gasteiger partial charge in [0.15, 0.2) is 5.96 Å². The standard InChI is InChI=1S/C21H33N3O2/c1-3-22-20(24-15-21(25)11-5-12-21)23-14-18-6-4-13-26-19(18)17-9-7-16(2)8-10-17/h7-10,18-19,25H,3-6,11-15H2,1-2H3,(H2,22,23,24). The van der Waals surface area contributed by atoms with Gasteiger partial charge in [0, 0.05) is 25.6 Å². The summed E-state index contributed by atoms with van der Waals surface area (Å²) in [6, 6.07) is 8.68. The van der Waals surface area contributed by atoms with Crippen LogP contribution in [0.5, 0.6) is 0 Å². The molecule has 0 amide bonds. The third-order valence-corrected chi connectivity index (χ3v) is 5.54. The first-order chi connectivity index (χ1) is 12.6. The summed E-state index contributed by atoms with van der Waals surface area (Å²) >= 11 is 0. The van der Waals surface area contributed by atoms with Gasteiger partial charge in [0.25, 0.3) is 0 Å². The summed E-state index contributed by atoms with van der Waals surface area (Å²) in [6.07, 6.45) is 5.21. The summed E-state index contributed by atoms with van der Waals surface area (Å²) in [4.78, 5) is 4.60. The van der Waals surface area contributed by atoms with Gasteiger partial charge in [0.2, 0.25) is 0 Å². The van der Waals surface area contributed by atoms with Crippen molar-refractivity contribution in [2.75, 3.05) is 26.2 Å².